The molecule has 1 aliphatic rings. The summed E-state index contributed by atoms with van der Waals surface area (Å²) in [6.07, 6.45) is 0.638. The van der Waals surface area contributed by atoms with Crippen molar-refractivity contribution in [3.05, 3.63) is 35.9 Å². The van der Waals surface area contributed by atoms with E-state index in [2.05, 4.69) is 0 Å². The molecule has 1 heterocycles. The number of likely N-dealkylation sites (tertiary alicyclic amines) is 1. The van der Waals surface area contributed by atoms with E-state index in [0.29, 0.717) is 6.42 Å². The molecule has 1 aliphatic heterocycles. The predicted molar refractivity (Wildman–Crippen MR) is 95.2 cm³/mol. The molecule has 24 heavy (non-hydrogen) atoms. The summed E-state index contributed by atoms with van der Waals surface area (Å²) in [6, 6.07) is 9.75. The Morgan fingerprint density at radius 3 is 2.08 bits per heavy atom. The lowest BCUT2D eigenvalue weighted by Gasteiger charge is -2.54. The number of β-lactam (4-membered cyclic amide) rings is 1. The van der Waals surface area contributed by atoms with Gasteiger partial charge in [-0.1, -0.05) is 30.3 Å². The standard InChI is InChI=1S/C18H28NO4P/c1-6-22-24(21,23-7-2)16-15(13-14-11-9-8-10-12-14)19(17(16)20)18(3,4)5/h8-12,15-16H,6-7,13H2,1-5H3. The van der Waals surface area contributed by atoms with Crippen LogP contribution in [0.15, 0.2) is 30.3 Å². The maximum Gasteiger partial charge on any atom is 0.345 e. The Morgan fingerprint density at radius 1 is 1.08 bits per heavy atom. The van der Waals surface area contributed by atoms with Crippen LogP contribution >= 0.6 is 7.60 Å². The maximum absolute atomic E-state index is 13.2. The lowest BCUT2D eigenvalue weighted by molar-refractivity contribution is -0.154. The molecule has 0 N–H and O–H groups in total. The highest BCUT2D eigenvalue weighted by atomic mass is 31.2. The highest BCUT2D eigenvalue weighted by Crippen LogP contribution is 2.60. The van der Waals surface area contributed by atoms with Crippen LogP contribution in [0.3, 0.4) is 0 Å². The van der Waals surface area contributed by atoms with Crippen LogP contribution in [0.25, 0.3) is 0 Å². The van der Waals surface area contributed by atoms with Crippen molar-refractivity contribution in [1.82, 2.24) is 4.90 Å². The summed E-state index contributed by atoms with van der Waals surface area (Å²) in [5.74, 6) is -0.145. The number of rotatable bonds is 7. The third-order valence-corrected chi connectivity index (χ3v) is 6.64. The molecule has 0 spiro atoms. The van der Waals surface area contributed by atoms with E-state index in [4.69, 9.17) is 9.05 Å². The maximum atomic E-state index is 13.2. The van der Waals surface area contributed by atoms with Crippen molar-refractivity contribution < 1.29 is 18.4 Å². The molecule has 1 amide bonds. The summed E-state index contributed by atoms with van der Waals surface area (Å²) in [7, 11) is -3.47. The Hall–Kier alpha value is -1.16. The Balaban J connectivity index is 2.34. The summed E-state index contributed by atoms with van der Waals surface area (Å²) >= 11 is 0. The molecule has 0 saturated carbocycles. The number of hydrogen-bond acceptors (Lipinski definition) is 4. The molecule has 0 aliphatic carbocycles. The van der Waals surface area contributed by atoms with Crippen molar-refractivity contribution in [3.63, 3.8) is 0 Å². The molecular formula is C18H28NO4P. The first-order valence-electron chi connectivity index (χ1n) is 8.50. The van der Waals surface area contributed by atoms with Crippen LogP contribution in [0.2, 0.25) is 0 Å². The minimum atomic E-state index is -3.47. The van der Waals surface area contributed by atoms with Crippen LogP contribution in [0.1, 0.15) is 40.2 Å². The molecule has 1 saturated heterocycles. The van der Waals surface area contributed by atoms with Gasteiger partial charge in [-0.05, 0) is 46.6 Å². The van der Waals surface area contributed by atoms with E-state index < -0.39 is 13.3 Å². The number of carbonyl (C=O) groups excluding carboxylic acids is 1. The average molecular weight is 353 g/mol. The number of nitrogens with zero attached hydrogens (tertiary/aromatic N) is 1. The van der Waals surface area contributed by atoms with Crippen molar-refractivity contribution in [2.24, 2.45) is 0 Å². The summed E-state index contributed by atoms with van der Waals surface area (Å²) in [5, 5.41) is 0. The van der Waals surface area contributed by atoms with Gasteiger partial charge in [0.25, 0.3) is 0 Å². The first-order chi connectivity index (χ1) is 11.2. The second kappa shape index (κ2) is 7.38. The highest BCUT2D eigenvalue weighted by molar-refractivity contribution is 7.56. The second-order valence-electron chi connectivity index (χ2n) is 6.96. The molecular weight excluding hydrogens is 325 g/mol. The minimum Gasteiger partial charge on any atom is -0.332 e. The number of carbonyl (C=O) groups is 1. The second-order valence-corrected chi connectivity index (χ2v) is 9.11. The van der Waals surface area contributed by atoms with Gasteiger partial charge in [0, 0.05) is 5.54 Å². The quantitative estimate of drug-likeness (QED) is 0.551. The van der Waals surface area contributed by atoms with Crippen molar-refractivity contribution >= 4 is 13.5 Å². The molecule has 1 aromatic rings. The van der Waals surface area contributed by atoms with E-state index >= 15 is 0 Å². The van der Waals surface area contributed by atoms with Gasteiger partial charge >= 0.3 is 7.60 Å². The van der Waals surface area contributed by atoms with Gasteiger partial charge in [0.1, 0.15) is 0 Å². The first-order valence-corrected chi connectivity index (χ1v) is 10.1. The van der Waals surface area contributed by atoms with Gasteiger partial charge in [0.05, 0.1) is 19.3 Å². The van der Waals surface area contributed by atoms with E-state index in [1.165, 1.54) is 0 Å². The first kappa shape index (κ1) is 19.2. The van der Waals surface area contributed by atoms with Crippen LogP contribution < -0.4 is 0 Å². The zero-order valence-electron chi connectivity index (χ0n) is 15.2. The average Bonchev–Trinajstić information content (AvgIpc) is 2.46. The van der Waals surface area contributed by atoms with Gasteiger partial charge in [0.15, 0.2) is 5.66 Å². The van der Waals surface area contributed by atoms with Crippen molar-refractivity contribution in [2.45, 2.75) is 58.3 Å². The predicted octanol–water partition coefficient (Wildman–Crippen LogP) is 3.87. The summed E-state index contributed by atoms with van der Waals surface area (Å²) in [4.78, 5) is 14.6. The molecule has 0 radical (unpaired) electrons. The van der Waals surface area contributed by atoms with Crippen LogP contribution in [0.4, 0.5) is 0 Å². The number of hydrogen-bond donors (Lipinski definition) is 0. The largest absolute Gasteiger partial charge is 0.345 e. The van der Waals surface area contributed by atoms with Crippen LogP contribution in [-0.4, -0.2) is 41.3 Å². The third-order valence-electron chi connectivity index (χ3n) is 4.16. The number of amides is 1. The molecule has 134 valence electrons. The van der Waals surface area contributed by atoms with E-state index in [1.807, 2.05) is 56.0 Å². The summed E-state index contributed by atoms with van der Waals surface area (Å²) in [6.45, 7) is 10.0. The molecule has 2 unspecified atom stereocenters. The SMILES string of the molecule is CCOP(=O)(OCC)C1C(=O)N(C(C)(C)C)C1Cc1ccccc1. The van der Waals surface area contributed by atoms with Crippen LogP contribution in [0.5, 0.6) is 0 Å². The van der Waals surface area contributed by atoms with Gasteiger partial charge < -0.3 is 13.9 Å². The monoisotopic (exact) mass is 353 g/mol. The van der Waals surface area contributed by atoms with Gasteiger partial charge in [-0.15, -0.1) is 0 Å². The minimum absolute atomic E-state index is 0.145. The fourth-order valence-corrected chi connectivity index (χ4v) is 5.49. The lowest BCUT2D eigenvalue weighted by Crippen LogP contribution is -2.70. The molecule has 2 rings (SSSR count). The normalized spacial score (nSPS) is 21.7. The highest BCUT2D eigenvalue weighted by Gasteiger charge is 2.60. The molecule has 1 fully saturated rings. The molecule has 0 aromatic heterocycles. The molecule has 0 bridgehead atoms. The van der Waals surface area contributed by atoms with E-state index in [0.717, 1.165) is 5.56 Å². The molecule has 5 nitrogen and oxygen atoms in total. The number of benzene rings is 1. The van der Waals surface area contributed by atoms with Gasteiger partial charge in [-0.25, -0.2) is 0 Å². The van der Waals surface area contributed by atoms with E-state index in [1.54, 1.807) is 13.8 Å². The summed E-state index contributed by atoms with van der Waals surface area (Å²) in [5.41, 5.74) is 0.0432. The topological polar surface area (TPSA) is 55.8 Å². The fraction of sp³-hybridized carbons (Fsp3) is 0.611. The van der Waals surface area contributed by atoms with E-state index in [-0.39, 0.29) is 30.7 Å². The van der Waals surface area contributed by atoms with Gasteiger partial charge in [0.2, 0.25) is 5.91 Å². The Kier molecular flexibility index (Phi) is 5.90. The van der Waals surface area contributed by atoms with Crippen LogP contribution in [0, 0.1) is 0 Å². The molecule has 6 heteroatoms. The van der Waals surface area contributed by atoms with Crippen LogP contribution in [-0.2, 0) is 24.8 Å². The van der Waals surface area contributed by atoms with Gasteiger partial charge in [-0.3, -0.25) is 9.36 Å². The molecule has 1 aromatic carbocycles. The third kappa shape index (κ3) is 3.74. The Morgan fingerprint density at radius 2 is 1.62 bits per heavy atom. The lowest BCUT2D eigenvalue weighted by atomic mass is 9.88. The van der Waals surface area contributed by atoms with Crippen molar-refractivity contribution in [3.8, 4) is 0 Å². The van der Waals surface area contributed by atoms with Gasteiger partial charge in [-0.2, -0.15) is 0 Å². The van der Waals surface area contributed by atoms with Crippen molar-refractivity contribution in [1.29, 1.82) is 0 Å². The zero-order chi connectivity index (χ0) is 18.0. The fourth-order valence-electron chi connectivity index (χ4n) is 3.32. The zero-order valence-corrected chi connectivity index (χ0v) is 16.1. The summed E-state index contributed by atoms with van der Waals surface area (Å²) < 4.78 is 24.1. The Bertz CT molecular complexity index is 601. The van der Waals surface area contributed by atoms with E-state index in [9.17, 15) is 9.36 Å². The van der Waals surface area contributed by atoms with Crippen molar-refractivity contribution in [2.75, 3.05) is 13.2 Å². The molecule has 2 atom stereocenters. The Labute approximate surface area is 144 Å². The smallest absolute Gasteiger partial charge is 0.332 e.